The van der Waals surface area contributed by atoms with Gasteiger partial charge in [0.2, 0.25) is 10.0 Å². The fraction of sp³-hybridized carbons (Fsp3) is 0.0714. The van der Waals surface area contributed by atoms with E-state index in [0.29, 0.717) is 10.0 Å². The first kappa shape index (κ1) is 16.2. The molecule has 0 unspecified atom stereocenters. The van der Waals surface area contributed by atoms with Crippen LogP contribution in [0.15, 0.2) is 45.8 Å². The lowest BCUT2D eigenvalue weighted by molar-refractivity contribution is 0.103. The van der Waals surface area contributed by atoms with Gasteiger partial charge in [0, 0.05) is 15.6 Å². The van der Waals surface area contributed by atoms with Crippen molar-refractivity contribution in [3.05, 3.63) is 62.6 Å². The first-order valence-electron chi connectivity index (χ1n) is 5.83. The number of carbonyl (C=O) groups excluding carboxylic acids is 1. The van der Waals surface area contributed by atoms with E-state index in [1.807, 2.05) is 13.0 Å². The topological polar surface area (TPSA) is 77.2 Å². The largest absolute Gasteiger partial charge is 0.289 e. The van der Waals surface area contributed by atoms with E-state index in [0.717, 1.165) is 5.56 Å². The summed E-state index contributed by atoms with van der Waals surface area (Å²) >= 11 is 9.13. The summed E-state index contributed by atoms with van der Waals surface area (Å²) in [5.74, 6) is -0.316. The Morgan fingerprint density at radius 3 is 2.43 bits per heavy atom. The van der Waals surface area contributed by atoms with E-state index >= 15 is 0 Å². The highest BCUT2D eigenvalue weighted by Crippen LogP contribution is 2.25. The van der Waals surface area contributed by atoms with Crippen LogP contribution in [0.3, 0.4) is 0 Å². The summed E-state index contributed by atoms with van der Waals surface area (Å²) in [6, 6.07) is 9.28. The number of primary sulfonamides is 1. The van der Waals surface area contributed by atoms with Gasteiger partial charge in [-0.05, 0) is 42.8 Å². The van der Waals surface area contributed by atoms with Crippen LogP contribution in [-0.2, 0) is 10.0 Å². The lowest BCUT2D eigenvalue weighted by Gasteiger charge is -2.07. The summed E-state index contributed by atoms with van der Waals surface area (Å²) in [6.07, 6.45) is 0. The summed E-state index contributed by atoms with van der Waals surface area (Å²) in [5, 5.41) is 5.07. The molecule has 2 rings (SSSR count). The van der Waals surface area contributed by atoms with E-state index in [2.05, 4.69) is 15.9 Å². The average molecular weight is 389 g/mol. The number of sulfonamides is 1. The Bertz CT molecular complexity index is 834. The first-order valence-corrected chi connectivity index (χ1v) is 8.55. The Balaban J connectivity index is 2.54. The van der Waals surface area contributed by atoms with E-state index in [1.165, 1.54) is 18.2 Å². The molecule has 21 heavy (non-hydrogen) atoms. The molecular weight excluding hydrogens is 378 g/mol. The van der Waals surface area contributed by atoms with Crippen LogP contribution in [-0.4, -0.2) is 14.2 Å². The van der Waals surface area contributed by atoms with Crippen LogP contribution in [0.4, 0.5) is 0 Å². The number of nitrogens with two attached hydrogens (primary N) is 1. The number of hydrogen-bond acceptors (Lipinski definition) is 3. The summed E-state index contributed by atoms with van der Waals surface area (Å²) in [7, 11) is -3.98. The van der Waals surface area contributed by atoms with Crippen molar-refractivity contribution < 1.29 is 13.2 Å². The van der Waals surface area contributed by atoms with Gasteiger partial charge in [-0.1, -0.05) is 33.6 Å². The summed E-state index contributed by atoms with van der Waals surface area (Å²) < 4.78 is 23.5. The minimum atomic E-state index is -3.98. The molecule has 0 aliphatic rings. The standard InChI is InChI=1S/C14H11BrClNO3S/c1-8-2-4-10(11(15)6-8)14(18)9-3-5-12(16)13(7-9)21(17,19)20/h2-7H,1H3,(H2,17,19,20). The van der Waals surface area contributed by atoms with Gasteiger partial charge in [0.1, 0.15) is 4.90 Å². The molecule has 4 nitrogen and oxygen atoms in total. The number of aryl methyl sites for hydroxylation is 1. The van der Waals surface area contributed by atoms with Gasteiger partial charge in [0.25, 0.3) is 0 Å². The van der Waals surface area contributed by atoms with Gasteiger partial charge in [-0.25, -0.2) is 13.6 Å². The smallest absolute Gasteiger partial charge is 0.239 e. The highest BCUT2D eigenvalue weighted by atomic mass is 79.9. The fourth-order valence-corrected chi connectivity index (χ4v) is 3.57. The molecule has 0 atom stereocenters. The maximum absolute atomic E-state index is 12.5. The molecular formula is C14H11BrClNO3S. The second kappa shape index (κ2) is 5.88. The van der Waals surface area contributed by atoms with E-state index < -0.39 is 10.0 Å². The molecule has 0 fully saturated rings. The van der Waals surface area contributed by atoms with Crippen molar-refractivity contribution >= 4 is 43.3 Å². The number of hydrogen-bond donors (Lipinski definition) is 1. The van der Waals surface area contributed by atoms with Crippen molar-refractivity contribution in [1.29, 1.82) is 0 Å². The number of ketones is 1. The van der Waals surface area contributed by atoms with Gasteiger partial charge in [0.15, 0.2) is 5.78 Å². The Morgan fingerprint density at radius 2 is 1.86 bits per heavy atom. The maximum atomic E-state index is 12.5. The Hall–Kier alpha value is -1.21. The zero-order valence-electron chi connectivity index (χ0n) is 10.9. The number of carbonyl (C=O) groups is 1. The van der Waals surface area contributed by atoms with Crippen LogP contribution in [0.5, 0.6) is 0 Å². The predicted octanol–water partition coefficient (Wildman–Crippen LogP) is 3.29. The molecule has 2 aromatic rings. The molecule has 110 valence electrons. The van der Waals surface area contributed by atoms with E-state index in [-0.39, 0.29) is 21.3 Å². The Labute approximate surface area is 136 Å². The average Bonchev–Trinajstić information content (AvgIpc) is 2.37. The molecule has 0 spiro atoms. The Morgan fingerprint density at radius 1 is 1.19 bits per heavy atom. The van der Waals surface area contributed by atoms with E-state index in [1.54, 1.807) is 12.1 Å². The molecule has 0 saturated carbocycles. The molecule has 0 heterocycles. The summed E-state index contributed by atoms with van der Waals surface area (Å²) in [4.78, 5) is 12.2. The van der Waals surface area contributed by atoms with Gasteiger partial charge >= 0.3 is 0 Å². The van der Waals surface area contributed by atoms with Gasteiger partial charge in [-0.3, -0.25) is 4.79 Å². The highest BCUT2D eigenvalue weighted by Gasteiger charge is 2.18. The van der Waals surface area contributed by atoms with Gasteiger partial charge in [-0.2, -0.15) is 0 Å². The maximum Gasteiger partial charge on any atom is 0.239 e. The van der Waals surface area contributed by atoms with Crippen molar-refractivity contribution in [1.82, 2.24) is 0 Å². The zero-order valence-corrected chi connectivity index (χ0v) is 14.1. The molecule has 2 N–H and O–H groups in total. The van der Waals surface area contributed by atoms with Crippen LogP contribution in [0.25, 0.3) is 0 Å². The van der Waals surface area contributed by atoms with E-state index in [9.17, 15) is 13.2 Å². The molecule has 0 amide bonds. The number of rotatable bonds is 3. The lowest BCUT2D eigenvalue weighted by atomic mass is 10.0. The van der Waals surface area contributed by atoms with Gasteiger partial charge in [-0.15, -0.1) is 0 Å². The summed E-state index contributed by atoms with van der Waals surface area (Å²) in [5.41, 5.74) is 1.64. The van der Waals surface area contributed by atoms with Crippen LogP contribution in [0.2, 0.25) is 5.02 Å². The van der Waals surface area contributed by atoms with Crippen molar-refractivity contribution in [3.63, 3.8) is 0 Å². The van der Waals surface area contributed by atoms with Crippen molar-refractivity contribution in [2.24, 2.45) is 5.14 Å². The number of benzene rings is 2. The molecule has 0 aromatic heterocycles. The molecule has 0 aliphatic carbocycles. The second-order valence-corrected chi connectivity index (χ2v) is 7.29. The van der Waals surface area contributed by atoms with Crippen molar-refractivity contribution in [3.8, 4) is 0 Å². The quantitative estimate of drug-likeness (QED) is 0.820. The van der Waals surface area contributed by atoms with Gasteiger partial charge in [0.05, 0.1) is 5.02 Å². The highest BCUT2D eigenvalue weighted by molar-refractivity contribution is 9.10. The molecule has 7 heteroatoms. The minimum Gasteiger partial charge on any atom is -0.289 e. The van der Waals surface area contributed by atoms with Crippen LogP contribution in [0.1, 0.15) is 21.5 Å². The Kier molecular flexibility index (Phi) is 4.53. The van der Waals surface area contributed by atoms with E-state index in [4.69, 9.17) is 16.7 Å². The van der Waals surface area contributed by atoms with Crippen LogP contribution < -0.4 is 5.14 Å². The molecule has 0 saturated heterocycles. The fourth-order valence-electron chi connectivity index (χ4n) is 1.82. The minimum absolute atomic E-state index is 0.0166. The molecule has 2 aromatic carbocycles. The monoisotopic (exact) mass is 387 g/mol. The third kappa shape index (κ3) is 3.52. The molecule has 0 bridgehead atoms. The second-order valence-electron chi connectivity index (χ2n) is 4.50. The summed E-state index contributed by atoms with van der Waals surface area (Å²) in [6.45, 7) is 1.90. The number of halogens is 2. The normalized spacial score (nSPS) is 11.4. The van der Waals surface area contributed by atoms with Crippen LogP contribution >= 0.6 is 27.5 Å². The first-order chi connectivity index (χ1) is 9.70. The zero-order chi connectivity index (χ0) is 15.8. The lowest BCUT2D eigenvalue weighted by Crippen LogP contribution is -2.14. The molecule has 0 aliphatic heterocycles. The van der Waals surface area contributed by atoms with Crippen molar-refractivity contribution in [2.75, 3.05) is 0 Å². The SMILES string of the molecule is Cc1ccc(C(=O)c2ccc(Cl)c(S(N)(=O)=O)c2)c(Br)c1. The third-order valence-electron chi connectivity index (χ3n) is 2.87. The van der Waals surface area contributed by atoms with Gasteiger partial charge < -0.3 is 0 Å². The third-order valence-corrected chi connectivity index (χ3v) is 4.92. The van der Waals surface area contributed by atoms with Crippen LogP contribution in [0, 0.1) is 6.92 Å². The van der Waals surface area contributed by atoms with Crippen molar-refractivity contribution in [2.45, 2.75) is 11.8 Å². The molecule has 0 radical (unpaired) electrons. The predicted molar refractivity (Wildman–Crippen MR) is 85.1 cm³/mol.